The maximum Gasteiger partial charge on any atom is 0.185 e. The molecule has 0 spiro atoms. The average molecular weight is 268 g/mol. The number of hydrogen-bond acceptors (Lipinski definition) is 5. The first-order valence-corrected chi connectivity index (χ1v) is 6.16. The maximum atomic E-state index is 8.74. The number of aryl methyl sites for hydroxylation is 1. The van der Waals surface area contributed by atoms with Crippen LogP contribution in [-0.4, -0.2) is 21.3 Å². The highest BCUT2D eigenvalue weighted by atomic mass is 35.5. The molecule has 0 aliphatic heterocycles. The number of halogens is 1. The van der Waals surface area contributed by atoms with E-state index in [4.69, 9.17) is 16.9 Å². The van der Waals surface area contributed by atoms with Crippen LogP contribution in [0.3, 0.4) is 0 Å². The van der Waals surface area contributed by atoms with E-state index >= 15 is 0 Å². The Labute approximate surface area is 108 Å². The quantitative estimate of drug-likeness (QED) is 0.921. The summed E-state index contributed by atoms with van der Waals surface area (Å²) in [6.07, 6.45) is 4.65. The monoisotopic (exact) mass is 267 g/mol. The van der Waals surface area contributed by atoms with Crippen molar-refractivity contribution < 1.29 is 0 Å². The first-order chi connectivity index (χ1) is 8.19. The standard InChI is InChI=1S/C10H10ClN5S/c1-16-6-7(5-14-16)2-3-13-10-15-9(11)8(4-12)17-10/h5-6H,2-3H2,1H3,(H,13,15). The van der Waals surface area contributed by atoms with Crippen molar-refractivity contribution >= 4 is 28.1 Å². The number of nitriles is 1. The lowest BCUT2D eigenvalue weighted by Crippen LogP contribution is -2.03. The molecule has 0 fully saturated rings. The van der Waals surface area contributed by atoms with Crippen LogP contribution in [0.2, 0.25) is 5.15 Å². The number of nitrogens with zero attached hydrogens (tertiary/aromatic N) is 4. The predicted octanol–water partition coefficient (Wildman–Crippen LogP) is 2.06. The minimum absolute atomic E-state index is 0.265. The second kappa shape index (κ2) is 5.17. The highest BCUT2D eigenvalue weighted by molar-refractivity contribution is 7.16. The van der Waals surface area contributed by atoms with Crippen LogP contribution < -0.4 is 5.32 Å². The number of rotatable bonds is 4. The Morgan fingerprint density at radius 2 is 2.47 bits per heavy atom. The van der Waals surface area contributed by atoms with Gasteiger partial charge < -0.3 is 5.32 Å². The first-order valence-electron chi connectivity index (χ1n) is 4.97. The molecule has 5 nitrogen and oxygen atoms in total. The van der Waals surface area contributed by atoms with Crippen LogP contribution in [0.15, 0.2) is 12.4 Å². The molecule has 0 unspecified atom stereocenters. The highest BCUT2D eigenvalue weighted by Crippen LogP contribution is 2.25. The first kappa shape index (κ1) is 11.9. The van der Waals surface area contributed by atoms with Crippen LogP contribution in [0, 0.1) is 11.3 Å². The maximum absolute atomic E-state index is 8.74. The molecule has 0 aromatic carbocycles. The minimum Gasteiger partial charge on any atom is -0.361 e. The van der Waals surface area contributed by atoms with Gasteiger partial charge in [-0.25, -0.2) is 4.98 Å². The number of hydrogen-bond donors (Lipinski definition) is 1. The smallest absolute Gasteiger partial charge is 0.185 e. The highest BCUT2D eigenvalue weighted by Gasteiger charge is 2.07. The van der Waals surface area contributed by atoms with E-state index in [-0.39, 0.29) is 5.15 Å². The molecule has 7 heteroatoms. The van der Waals surface area contributed by atoms with E-state index in [9.17, 15) is 0 Å². The van der Waals surface area contributed by atoms with Gasteiger partial charge in [-0.05, 0) is 12.0 Å². The fourth-order valence-corrected chi connectivity index (χ4v) is 2.33. The van der Waals surface area contributed by atoms with E-state index < -0.39 is 0 Å². The van der Waals surface area contributed by atoms with Gasteiger partial charge in [0.25, 0.3) is 0 Å². The molecule has 17 heavy (non-hydrogen) atoms. The molecule has 2 aromatic rings. The number of aromatic nitrogens is 3. The van der Waals surface area contributed by atoms with E-state index in [2.05, 4.69) is 15.4 Å². The molecule has 0 radical (unpaired) electrons. The van der Waals surface area contributed by atoms with E-state index in [1.54, 1.807) is 4.68 Å². The van der Waals surface area contributed by atoms with E-state index in [0.717, 1.165) is 18.5 Å². The lowest BCUT2D eigenvalue weighted by atomic mass is 10.2. The largest absolute Gasteiger partial charge is 0.361 e. The van der Waals surface area contributed by atoms with Gasteiger partial charge in [0, 0.05) is 19.8 Å². The lowest BCUT2D eigenvalue weighted by molar-refractivity contribution is 0.767. The second-order valence-electron chi connectivity index (χ2n) is 3.45. The zero-order chi connectivity index (χ0) is 12.3. The van der Waals surface area contributed by atoms with Crippen LogP contribution in [0.1, 0.15) is 10.4 Å². The summed E-state index contributed by atoms with van der Waals surface area (Å²) >= 11 is 7.03. The summed E-state index contributed by atoms with van der Waals surface area (Å²) in [5.41, 5.74) is 1.16. The normalized spacial score (nSPS) is 10.2. The Kier molecular flexibility index (Phi) is 3.61. The third-order valence-electron chi connectivity index (χ3n) is 2.14. The second-order valence-corrected chi connectivity index (χ2v) is 4.81. The van der Waals surface area contributed by atoms with Crippen molar-refractivity contribution in [3.63, 3.8) is 0 Å². The summed E-state index contributed by atoms with van der Waals surface area (Å²) in [6.45, 7) is 0.737. The topological polar surface area (TPSA) is 66.5 Å². The SMILES string of the molecule is Cn1cc(CCNc2nc(Cl)c(C#N)s2)cn1. The third-order valence-corrected chi connectivity index (χ3v) is 3.44. The van der Waals surface area contributed by atoms with Crippen molar-refractivity contribution in [2.75, 3.05) is 11.9 Å². The molecule has 2 heterocycles. The van der Waals surface area contributed by atoms with Crippen LogP contribution in [0.5, 0.6) is 0 Å². The van der Waals surface area contributed by atoms with Gasteiger partial charge in [-0.3, -0.25) is 4.68 Å². The van der Waals surface area contributed by atoms with Crippen molar-refractivity contribution in [2.45, 2.75) is 6.42 Å². The Morgan fingerprint density at radius 1 is 1.65 bits per heavy atom. The zero-order valence-electron chi connectivity index (χ0n) is 9.14. The van der Waals surface area contributed by atoms with Crippen LogP contribution in [0.25, 0.3) is 0 Å². The van der Waals surface area contributed by atoms with Gasteiger partial charge in [0.2, 0.25) is 0 Å². The summed E-state index contributed by atoms with van der Waals surface area (Å²) in [7, 11) is 1.89. The molecule has 2 aromatic heterocycles. The average Bonchev–Trinajstić information content (AvgIpc) is 2.85. The Hall–Kier alpha value is -1.58. The van der Waals surface area contributed by atoms with Crippen molar-refractivity contribution in [1.29, 1.82) is 5.26 Å². The van der Waals surface area contributed by atoms with Crippen LogP contribution in [-0.2, 0) is 13.5 Å². The molecule has 0 saturated heterocycles. The van der Waals surface area contributed by atoms with Gasteiger partial charge in [0.05, 0.1) is 6.20 Å². The fraction of sp³-hybridized carbons (Fsp3) is 0.300. The Bertz CT molecular complexity index is 553. The van der Waals surface area contributed by atoms with Crippen LogP contribution >= 0.6 is 22.9 Å². The van der Waals surface area contributed by atoms with Gasteiger partial charge in [-0.2, -0.15) is 10.4 Å². The molecule has 0 bridgehead atoms. The molecule has 0 atom stereocenters. The summed E-state index contributed by atoms with van der Waals surface area (Å²) in [5, 5.41) is 16.9. The van der Waals surface area contributed by atoms with Crippen molar-refractivity contribution in [3.8, 4) is 6.07 Å². The van der Waals surface area contributed by atoms with Gasteiger partial charge in [0.1, 0.15) is 10.9 Å². The molecule has 2 rings (SSSR count). The van der Waals surface area contributed by atoms with Crippen molar-refractivity contribution in [1.82, 2.24) is 14.8 Å². The predicted molar refractivity (Wildman–Crippen MR) is 67.2 cm³/mol. The Morgan fingerprint density at radius 3 is 3.06 bits per heavy atom. The summed E-state index contributed by atoms with van der Waals surface area (Å²) in [6, 6.07) is 2.00. The zero-order valence-corrected chi connectivity index (χ0v) is 10.7. The Balaban J connectivity index is 1.88. The molecule has 1 N–H and O–H groups in total. The number of nitrogens with one attached hydrogen (secondary N) is 1. The van der Waals surface area contributed by atoms with Gasteiger partial charge in [-0.1, -0.05) is 22.9 Å². The third kappa shape index (κ3) is 2.96. The van der Waals surface area contributed by atoms with Gasteiger partial charge in [-0.15, -0.1) is 0 Å². The van der Waals surface area contributed by atoms with Crippen LogP contribution in [0.4, 0.5) is 5.13 Å². The van der Waals surface area contributed by atoms with Gasteiger partial charge >= 0.3 is 0 Å². The minimum atomic E-state index is 0.265. The van der Waals surface area contributed by atoms with Crippen molar-refractivity contribution in [3.05, 3.63) is 28.0 Å². The summed E-state index contributed by atoms with van der Waals surface area (Å²) in [5.74, 6) is 0. The molecule has 0 amide bonds. The van der Waals surface area contributed by atoms with E-state index in [1.165, 1.54) is 11.3 Å². The fourth-order valence-electron chi connectivity index (χ4n) is 1.36. The van der Waals surface area contributed by atoms with E-state index in [1.807, 2.05) is 25.5 Å². The molecule has 0 aliphatic rings. The van der Waals surface area contributed by atoms with E-state index in [0.29, 0.717) is 10.0 Å². The van der Waals surface area contributed by atoms with Gasteiger partial charge in [0.15, 0.2) is 10.3 Å². The lowest BCUT2D eigenvalue weighted by Gasteiger charge is -1.99. The number of anilines is 1. The summed E-state index contributed by atoms with van der Waals surface area (Å²) < 4.78 is 1.77. The molecular weight excluding hydrogens is 258 g/mol. The molecule has 0 saturated carbocycles. The van der Waals surface area contributed by atoms with Crippen molar-refractivity contribution in [2.24, 2.45) is 7.05 Å². The molecule has 0 aliphatic carbocycles. The summed E-state index contributed by atoms with van der Waals surface area (Å²) in [4.78, 5) is 4.49. The molecular formula is C10H10ClN5S. The number of thiazole rings is 1. The molecule has 88 valence electrons.